The number of rotatable bonds is 4. The van der Waals surface area contributed by atoms with E-state index in [4.69, 9.17) is 0 Å². The highest BCUT2D eigenvalue weighted by atomic mass is 14.6. The van der Waals surface area contributed by atoms with Gasteiger partial charge in [-0.05, 0) is 96.0 Å². The van der Waals surface area contributed by atoms with Gasteiger partial charge in [0.1, 0.15) is 0 Å². The smallest absolute Gasteiger partial charge is 0.0346 e. The van der Waals surface area contributed by atoms with Crippen molar-refractivity contribution >= 4 is 32.3 Å². The molecule has 0 atom stereocenters. The van der Waals surface area contributed by atoms with Gasteiger partial charge < -0.3 is 0 Å². The lowest BCUT2D eigenvalue weighted by molar-refractivity contribution is 1.33. The van der Waals surface area contributed by atoms with E-state index in [0.717, 1.165) is 11.1 Å². The second kappa shape index (κ2) is 9.14. The van der Waals surface area contributed by atoms with Crippen LogP contribution in [-0.2, 0) is 0 Å². The van der Waals surface area contributed by atoms with E-state index < -0.39 is 0 Å². The van der Waals surface area contributed by atoms with E-state index in [0.29, 0.717) is 0 Å². The Balaban J connectivity index is 1.36. The fourth-order valence-electron chi connectivity index (χ4n) is 6.09. The van der Waals surface area contributed by atoms with Gasteiger partial charge in [-0.1, -0.05) is 91.0 Å². The van der Waals surface area contributed by atoms with E-state index >= 15 is 0 Å². The fraction of sp³-hybridized carbons (Fsp3) is 0. The Bertz CT molecular complexity index is 2010. The molecule has 6 aromatic carbocycles. The lowest BCUT2D eigenvalue weighted by Gasteiger charge is -2.18. The summed E-state index contributed by atoms with van der Waals surface area (Å²) in [4.78, 5) is 8.86. The van der Waals surface area contributed by atoms with Crippen molar-refractivity contribution in [1.82, 2.24) is 9.97 Å². The largest absolute Gasteiger partial charge is 0.264 e. The maximum absolute atomic E-state index is 4.43. The second-order valence-electron chi connectivity index (χ2n) is 10.3. The Morgan fingerprint density at radius 3 is 1.38 bits per heavy atom. The molecule has 0 N–H and O–H groups in total. The Labute approximate surface area is 232 Å². The summed E-state index contributed by atoms with van der Waals surface area (Å²) in [5.74, 6) is 0. The van der Waals surface area contributed by atoms with Crippen molar-refractivity contribution in [2.45, 2.75) is 0 Å². The fourth-order valence-corrected chi connectivity index (χ4v) is 6.09. The monoisotopic (exact) mass is 508 g/mol. The highest BCUT2D eigenvalue weighted by Crippen LogP contribution is 2.44. The molecule has 0 aliphatic heterocycles. The summed E-state index contributed by atoms with van der Waals surface area (Å²) in [6.07, 6.45) is 7.57. The average Bonchev–Trinajstić information content (AvgIpc) is 3.04. The van der Waals surface area contributed by atoms with Gasteiger partial charge in [0.05, 0.1) is 0 Å². The van der Waals surface area contributed by atoms with E-state index in [1.165, 1.54) is 65.7 Å². The lowest BCUT2D eigenvalue weighted by atomic mass is 9.85. The molecule has 2 heterocycles. The van der Waals surface area contributed by atoms with Crippen molar-refractivity contribution in [1.29, 1.82) is 0 Å². The van der Waals surface area contributed by atoms with Crippen molar-refractivity contribution in [3.63, 3.8) is 0 Å². The molecule has 2 aromatic heterocycles. The SMILES string of the molecule is c1ccc(-c2ccc(-c3cc4ccc5c(-c6cccnc6)cc(-c6cccnc6)c6ccc(c3)c4c56)cc2)cc1. The first-order valence-corrected chi connectivity index (χ1v) is 13.6. The van der Waals surface area contributed by atoms with Crippen molar-refractivity contribution in [3.05, 3.63) is 146 Å². The number of hydrogen-bond acceptors (Lipinski definition) is 2. The number of pyridine rings is 2. The number of aromatic nitrogens is 2. The molecule has 0 fully saturated rings. The van der Waals surface area contributed by atoms with Crippen LogP contribution in [0.25, 0.3) is 76.8 Å². The third-order valence-electron chi connectivity index (χ3n) is 7.99. The maximum Gasteiger partial charge on any atom is 0.0346 e. The van der Waals surface area contributed by atoms with Crippen molar-refractivity contribution in [2.75, 3.05) is 0 Å². The molecule has 2 nitrogen and oxygen atoms in total. The van der Waals surface area contributed by atoms with Crippen LogP contribution < -0.4 is 0 Å². The van der Waals surface area contributed by atoms with E-state index in [-0.39, 0.29) is 0 Å². The van der Waals surface area contributed by atoms with Crippen LogP contribution in [0.5, 0.6) is 0 Å². The molecule has 2 heteroatoms. The molecule has 40 heavy (non-hydrogen) atoms. The molecule has 0 saturated heterocycles. The molecule has 0 radical (unpaired) electrons. The minimum Gasteiger partial charge on any atom is -0.264 e. The molecule has 8 aromatic rings. The van der Waals surface area contributed by atoms with E-state index in [1.807, 2.05) is 36.9 Å². The second-order valence-corrected chi connectivity index (χ2v) is 10.3. The summed E-state index contributed by atoms with van der Waals surface area (Å²) in [5.41, 5.74) is 9.52. The van der Waals surface area contributed by atoms with Gasteiger partial charge in [0, 0.05) is 35.9 Å². The van der Waals surface area contributed by atoms with E-state index in [9.17, 15) is 0 Å². The van der Waals surface area contributed by atoms with Crippen LogP contribution in [0.4, 0.5) is 0 Å². The highest BCUT2D eigenvalue weighted by molar-refractivity contribution is 6.28. The average molecular weight is 509 g/mol. The first kappa shape index (κ1) is 22.6. The van der Waals surface area contributed by atoms with Gasteiger partial charge in [-0.3, -0.25) is 9.97 Å². The van der Waals surface area contributed by atoms with Gasteiger partial charge in [-0.2, -0.15) is 0 Å². The molecule has 0 aliphatic carbocycles. The zero-order valence-corrected chi connectivity index (χ0v) is 21.8. The Kier molecular flexibility index (Phi) is 5.17. The molecule has 0 spiro atoms. The summed E-state index contributed by atoms with van der Waals surface area (Å²) < 4.78 is 0. The first-order valence-electron chi connectivity index (χ1n) is 13.6. The lowest BCUT2D eigenvalue weighted by Crippen LogP contribution is -1.92. The number of nitrogens with zero attached hydrogens (tertiary/aromatic N) is 2. The predicted molar refractivity (Wildman–Crippen MR) is 167 cm³/mol. The molecule has 8 rings (SSSR count). The summed E-state index contributed by atoms with van der Waals surface area (Å²) in [6, 6.07) is 43.8. The van der Waals surface area contributed by atoms with Crippen LogP contribution >= 0.6 is 0 Å². The van der Waals surface area contributed by atoms with Gasteiger partial charge in [-0.25, -0.2) is 0 Å². The van der Waals surface area contributed by atoms with Crippen LogP contribution in [-0.4, -0.2) is 9.97 Å². The minimum absolute atomic E-state index is 1.12. The normalized spacial score (nSPS) is 11.5. The molecule has 0 amide bonds. The predicted octanol–water partition coefficient (Wildman–Crippen LogP) is 10.0. The van der Waals surface area contributed by atoms with Gasteiger partial charge in [0.25, 0.3) is 0 Å². The Morgan fingerprint density at radius 1 is 0.350 bits per heavy atom. The minimum atomic E-state index is 1.12. The summed E-state index contributed by atoms with van der Waals surface area (Å²) >= 11 is 0. The quantitative estimate of drug-likeness (QED) is 0.221. The van der Waals surface area contributed by atoms with Gasteiger partial charge in [-0.15, -0.1) is 0 Å². The first-order chi connectivity index (χ1) is 19.8. The van der Waals surface area contributed by atoms with Gasteiger partial charge in [0.15, 0.2) is 0 Å². The van der Waals surface area contributed by atoms with Crippen LogP contribution in [0.3, 0.4) is 0 Å². The van der Waals surface area contributed by atoms with Gasteiger partial charge >= 0.3 is 0 Å². The van der Waals surface area contributed by atoms with Crippen molar-refractivity contribution < 1.29 is 0 Å². The molecule has 0 bridgehead atoms. The Hall–Kier alpha value is -5.34. The maximum atomic E-state index is 4.43. The molecule has 186 valence electrons. The zero-order chi connectivity index (χ0) is 26.5. The van der Waals surface area contributed by atoms with E-state index in [1.54, 1.807) is 0 Å². The topological polar surface area (TPSA) is 25.8 Å². The molecule has 0 aliphatic rings. The van der Waals surface area contributed by atoms with Crippen LogP contribution in [0.2, 0.25) is 0 Å². The molecular formula is C38H24N2. The summed E-state index contributed by atoms with van der Waals surface area (Å²) in [6.45, 7) is 0. The molecule has 0 saturated carbocycles. The van der Waals surface area contributed by atoms with Gasteiger partial charge in [0.2, 0.25) is 0 Å². The summed E-state index contributed by atoms with van der Waals surface area (Å²) in [5, 5.41) is 7.58. The highest BCUT2D eigenvalue weighted by Gasteiger charge is 2.17. The zero-order valence-electron chi connectivity index (χ0n) is 21.8. The molecular weight excluding hydrogens is 484 g/mol. The molecule has 0 unspecified atom stereocenters. The third-order valence-corrected chi connectivity index (χ3v) is 7.99. The van der Waals surface area contributed by atoms with Crippen molar-refractivity contribution in [3.8, 4) is 44.5 Å². The number of benzene rings is 6. The number of hydrogen-bond donors (Lipinski definition) is 0. The van der Waals surface area contributed by atoms with E-state index in [2.05, 4.69) is 119 Å². The van der Waals surface area contributed by atoms with Crippen LogP contribution in [0.1, 0.15) is 0 Å². The van der Waals surface area contributed by atoms with Crippen molar-refractivity contribution in [2.24, 2.45) is 0 Å². The Morgan fingerprint density at radius 2 is 0.850 bits per heavy atom. The third kappa shape index (κ3) is 3.65. The standard InChI is InChI=1S/C38H24N2/c1-2-6-25(7-3-1)26-10-12-27(13-11-26)32-20-28-14-16-33-35(30-8-4-18-39-23-30)22-36(31-9-5-19-40-24-31)34-17-15-29(21-32)37(28)38(33)34/h1-24H. The van der Waals surface area contributed by atoms with Crippen LogP contribution in [0.15, 0.2) is 146 Å². The van der Waals surface area contributed by atoms with Crippen LogP contribution in [0, 0.1) is 0 Å². The summed E-state index contributed by atoms with van der Waals surface area (Å²) in [7, 11) is 0.